The molecule has 7 heteroatoms. The number of halogens is 1. The van der Waals surface area contributed by atoms with Gasteiger partial charge in [0.2, 0.25) is 5.17 Å². The summed E-state index contributed by atoms with van der Waals surface area (Å²) in [6, 6.07) is 7.68. The lowest BCUT2D eigenvalue weighted by molar-refractivity contribution is -0.114. The van der Waals surface area contributed by atoms with E-state index >= 15 is 0 Å². The number of amidine groups is 2. The van der Waals surface area contributed by atoms with Gasteiger partial charge in [-0.15, -0.1) is 0 Å². The number of hydrogen-bond donors (Lipinski definition) is 1. The zero-order valence-corrected chi connectivity index (χ0v) is 18.3. The number of fused-ring (bicyclic) bond motifs is 1. The average molecular weight is 469 g/mol. The molecule has 2 heterocycles. The van der Waals surface area contributed by atoms with Gasteiger partial charge in [-0.25, -0.2) is 0 Å². The van der Waals surface area contributed by atoms with Crippen molar-refractivity contribution in [3.63, 3.8) is 0 Å². The maximum atomic E-state index is 12.7. The van der Waals surface area contributed by atoms with Crippen LogP contribution in [0.15, 0.2) is 44.4 Å². The molecule has 1 amide bonds. The molecular formula is C22H21BrN4OS. The minimum atomic E-state index is -0.348. The van der Waals surface area contributed by atoms with Gasteiger partial charge in [-0.05, 0) is 91.8 Å². The van der Waals surface area contributed by atoms with Crippen molar-refractivity contribution in [1.29, 1.82) is 5.41 Å². The molecule has 6 aliphatic rings. The highest BCUT2D eigenvalue weighted by atomic mass is 79.9. The Balaban J connectivity index is 1.33. The van der Waals surface area contributed by atoms with Crippen LogP contribution in [0.4, 0.5) is 0 Å². The molecule has 1 aromatic carbocycles. The van der Waals surface area contributed by atoms with Crippen molar-refractivity contribution >= 4 is 55.7 Å². The summed E-state index contributed by atoms with van der Waals surface area (Å²) in [6.45, 7) is 0. The molecule has 4 fully saturated rings. The van der Waals surface area contributed by atoms with E-state index in [9.17, 15) is 4.79 Å². The Hall–Kier alpha value is -1.73. The van der Waals surface area contributed by atoms with Crippen molar-refractivity contribution in [1.82, 2.24) is 5.01 Å². The highest BCUT2D eigenvalue weighted by Crippen LogP contribution is 2.62. The van der Waals surface area contributed by atoms with E-state index in [1.807, 2.05) is 24.3 Å². The SMILES string of the molecule is N=C1C(=Cc2ccc(Br)cc2)C(=O)N=C2SC(C34CC5CC(CC(C5)C3)C4)=NN12. The fraction of sp³-hybridized carbons (Fsp3) is 0.455. The lowest BCUT2D eigenvalue weighted by Gasteiger charge is -2.56. The number of benzene rings is 1. The zero-order valence-electron chi connectivity index (χ0n) is 15.9. The molecule has 4 aliphatic carbocycles. The molecule has 0 spiro atoms. The largest absolute Gasteiger partial charge is 0.283 e. The van der Waals surface area contributed by atoms with Crippen molar-refractivity contribution < 1.29 is 4.79 Å². The molecule has 7 rings (SSSR count). The average Bonchev–Trinajstić information content (AvgIpc) is 3.11. The van der Waals surface area contributed by atoms with Crippen LogP contribution in [0.25, 0.3) is 6.08 Å². The van der Waals surface area contributed by atoms with Crippen molar-refractivity contribution in [3.8, 4) is 0 Å². The van der Waals surface area contributed by atoms with Gasteiger partial charge in [0.25, 0.3) is 5.91 Å². The summed E-state index contributed by atoms with van der Waals surface area (Å²) in [7, 11) is 0. The smallest absolute Gasteiger partial charge is 0.282 e. The number of aliphatic imine (C=N–C) groups is 1. The molecular weight excluding hydrogens is 448 g/mol. The molecule has 148 valence electrons. The molecule has 2 aliphatic heterocycles. The lowest BCUT2D eigenvalue weighted by Crippen LogP contribution is -2.49. The number of thioether (sulfide) groups is 1. The fourth-order valence-electron chi connectivity index (χ4n) is 6.30. The fourth-order valence-corrected chi connectivity index (χ4v) is 7.68. The topological polar surface area (TPSA) is 68.9 Å². The van der Waals surface area contributed by atoms with Crippen molar-refractivity contribution in [2.75, 3.05) is 0 Å². The number of amides is 1. The van der Waals surface area contributed by atoms with Crippen molar-refractivity contribution in [3.05, 3.63) is 39.9 Å². The number of carbonyl (C=O) groups is 1. The molecule has 5 nitrogen and oxygen atoms in total. The van der Waals surface area contributed by atoms with Crippen molar-refractivity contribution in [2.24, 2.45) is 33.3 Å². The van der Waals surface area contributed by atoms with E-state index in [1.165, 1.54) is 50.3 Å². The maximum absolute atomic E-state index is 12.7. The Morgan fingerprint density at radius 2 is 1.72 bits per heavy atom. The molecule has 1 aromatic rings. The minimum absolute atomic E-state index is 0.134. The zero-order chi connectivity index (χ0) is 19.8. The predicted octanol–water partition coefficient (Wildman–Crippen LogP) is 5.28. The molecule has 4 saturated carbocycles. The second kappa shape index (κ2) is 6.38. The van der Waals surface area contributed by atoms with Crippen LogP contribution in [0.2, 0.25) is 0 Å². The summed E-state index contributed by atoms with van der Waals surface area (Å²) < 4.78 is 0.978. The first-order valence-corrected chi connectivity index (χ1v) is 11.9. The third-order valence-electron chi connectivity index (χ3n) is 7.13. The van der Waals surface area contributed by atoms with Crippen LogP contribution >= 0.6 is 27.7 Å². The quantitative estimate of drug-likeness (QED) is 0.599. The lowest BCUT2D eigenvalue weighted by atomic mass is 9.50. The van der Waals surface area contributed by atoms with Crippen LogP contribution in [0, 0.1) is 28.6 Å². The third-order valence-corrected chi connectivity index (χ3v) is 8.81. The van der Waals surface area contributed by atoms with E-state index in [-0.39, 0.29) is 17.2 Å². The standard InChI is InChI=1S/C22H21BrN4OS/c23-16-3-1-12(2-4-16)8-17-18(24)27-21(25-19(17)28)29-20(26-27)22-9-13-5-14(10-22)7-15(6-13)11-22/h1-4,8,13-15,24H,5-7,9-11H2. The summed E-state index contributed by atoms with van der Waals surface area (Å²) in [5.74, 6) is 2.28. The Kier molecular flexibility index (Phi) is 3.98. The Morgan fingerprint density at radius 1 is 1.10 bits per heavy atom. The molecule has 0 atom stereocenters. The van der Waals surface area contributed by atoms with Gasteiger partial charge in [0.1, 0.15) is 5.04 Å². The number of hydrazone groups is 1. The molecule has 0 unspecified atom stereocenters. The number of rotatable bonds is 2. The van der Waals surface area contributed by atoms with E-state index in [4.69, 9.17) is 10.5 Å². The van der Waals surface area contributed by atoms with Gasteiger partial charge in [0.05, 0.1) is 5.57 Å². The third kappa shape index (κ3) is 2.88. The normalized spacial score (nSPS) is 36.5. The Bertz CT molecular complexity index is 990. The molecule has 0 saturated heterocycles. The Morgan fingerprint density at radius 3 is 2.34 bits per heavy atom. The van der Waals surface area contributed by atoms with Crippen molar-refractivity contribution in [2.45, 2.75) is 38.5 Å². The Labute approximate surface area is 182 Å². The molecule has 1 N–H and O–H groups in total. The molecule has 4 bridgehead atoms. The number of nitrogens with one attached hydrogen (secondary N) is 1. The van der Waals surface area contributed by atoms with Gasteiger partial charge in [-0.3, -0.25) is 10.2 Å². The second-order valence-electron chi connectivity index (χ2n) is 9.17. The van der Waals surface area contributed by atoms with E-state index in [2.05, 4.69) is 20.9 Å². The summed E-state index contributed by atoms with van der Waals surface area (Å²) in [5, 5.41) is 16.8. The summed E-state index contributed by atoms with van der Waals surface area (Å²) >= 11 is 4.95. The first-order chi connectivity index (χ1) is 14.0. The number of hydrogen-bond acceptors (Lipinski definition) is 4. The molecule has 0 radical (unpaired) electrons. The summed E-state index contributed by atoms with van der Waals surface area (Å²) in [4.78, 5) is 17.0. The minimum Gasteiger partial charge on any atom is -0.282 e. The molecule has 0 aromatic heterocycles. The summed E-state index contributed by atoms with van der Waals surface area (Å²) in [6.07, 6.45) is 9.54. The van der Waals surface area contributed by atoms with Crippen LogP contribution in [0.1, 0.15) is 44.1 Å². The van der Waals surface area contributed by atoms with Crippen LogP contribution in [0.3, 0.4) is 0 Å². The first kappa shape index (κ1) is 18.1. The van der Waals surface area contributed by atoms with Gasteiger partial charge < -0.3 is 0 Å². The van der Waals surface area contributed by atoms with Gasteiger partial charge in [0.15, 0.2) is 5.84 Å². The van der Waals surface area contributed by atoms with Crippen LogP contribution in [-0.4, -0.2) is 27.0 Å². The maximum Gasteiger partial charge on any atom is 0.283 e. The van der Waals surface area contributed by atoms with Gasteiger partial charge >= 0.3 is 0 Å². The molecule has 29 heavy (non-hydrogen) atoms. The summed E-state index contributed by atoms with van der Waals surface area (Å²) in [5.41, 5.74) is 1.32. The van der Waals surface area contributed by atoms with E-state index in [0.29, 0.717) is 10.7 Å². The van der Waals surface area contributed by atoms with Crippen LogP contribution in [-0.2, 0) is 4.79 Å². The second-order valence-corrected chi connectivity index (χ2v) is 11.0. The first-order valence-electron chi connectivity index (χ1n) is 10.3. The number of carbonyl (C=O) groups excluding carboxylic acids is 1. The van der Waals surface area contributed by atoms with E-state index in [1.54, 1.807) is 11.1 Å². The number of nitrogens with zero attached hydrogens (tertiary/aromatic N) is 3. The van der Waals surface area contributed by atoms with Crippen LogP contribution in [0.5, 0.6) is 0 Å². The van der Waals surface area contributed by atoms with Gasteiger partial charge in [-0.2, -0.15) is 15.1 Å². The highest BCUT2D eigenvalue weighted by Gasteiger charge is 2.55. The van der Waals surface area contributed by atoms with Crippen LogP contribution < -0.4 is 0 Å². The van der Waals surface area contributed by atoms with E-state index in [0.717, 1.165) is 32.8 Å². The van der Waals surface area contributed by atoms with Gasteiger partial charge in [0, 0.05) is 9.89 Å². The van der Waals surface area contributed by atoms with E-state index < -0.39 is 0 Å². The monoisotopic (exact) mass is 468 g/mol. The highest BCUT2D eigenvalue weighted by molar-refractivity contribution is 9.10. The predicted molar refractivity (Wildman–Crippen MR) is 120 cm³/mol. The van der Waals surface area contributed by atoms with Gasteiger partial charge in [-0.1, -0.05) is 28.1 Å².